The monoisotopic (exact) mass is 218 g/mol. The van der Waals surface area contributed by atoms with Crippen LogP contribution in [0, 0.1) is 11.8 Å². The summed E-state index contributed by atoms with van der Waals surface area (Å²) >= 11 is 0. The van der Waals surface area contributed by atoms with Crippen LogP contribution < -0.4 is 0 Å². The van der Waals surface area contributed by atoms with E-state index in [0.29, 0.717) is 6.10 Å². The fraction of sp³-hybridized carbons (Fsp3) is 0.571. The molecule has 2 fully saturated rings. The van der Waals surface area contributed by atoms with Gasteiger partial charge in [0.15, 0.2) is 0 Å². The van der Waals surface area contributed by atoms with Crippen LogP contribution in [0.5, 0.6) is 0 Å². The number of hydrogen-bond acceptors (Lipinski definition) is 2. The SMILES string of the molecule is c1ccc(COC2CC3COCC3C2)cc1. The number of ether oxygens (including phenoxy) is 2. The second kappa shape index (κ2) is 4.56. The zero-order chi connectivity index (χ0) is 10.8. The van der Waals surface area contributed by atoms with Gasteiger partial charge in [0, 0.05) is 13.2 Å². The highest BCUT2D eigenvalue weighted by molar-refractivity contribution is 5.13. The molecule has 1 saturated carbocycles. The lowest BCUT2D eigenvalue weighted by Gasteiger charge is -2.12. The van der Waals surface area contributed by atoms with Crippen LogP contribution in [-0.2, 0) is 16.1 Å². The van der Waals surface area contributed by atoms with Gasteiger partial charge in [-0.05, 0) is 30.2 Å². The maximum absolute atomic E-state index is 5.97. The Hall–Kier alpha value is -0.860. The van der Waals surface area contributed by atoms with Crippen molar-refractivity contribution in [1.82, 2.24) is 0 Å². The molecule has 0 radical (unpaired) electrons. The summed E-state index contributed by atoms with van der Waals surface area (Å²) in [5.74, 6) is 1.53. The largest absolute Gasteiger partial charge is 0.381 e. The summed E-state index contributed by atoms with van der Waals surface area (Å²) in [7, 11) is 0. The minimum absolute atomic E-state index is 0.458. The number of benzene rings is 1. The van der Waals surface area contributed by atoms with Crippen molar-refractivity contribution in [3.63, 3.8) is 0 Å². The topological polar surface area (TPSA) is 18.5 Å². The average molecular weight is 218 g/mol. The first kappa shape index (κ1) is 10.3. The Bertz CT molecular complexity index is 324. The van der Waals surface area contributed by atoms with E-state index in [9.17, 15) is 0 Å². The van der Waals surface area contributed by atoms with E-state index in [1.54, 1.807) is 0 Å². The zero-order valence-electron chi connectivity index (χ0n) is 9.47. The Morgan fingerprint density at radius 1 is 1.06 bits per heavy atom. The minimum atomic E-state index is 0.458. The molecule has 16 heavy (non-hydrogen) atoms. The average Bonchev–Trinajstić information content (AvgIpc) is 2.88. The predicted molar refractivity (Wildman–Crippen MR) is 62.1 cm³/mol. The lowest BCUT2D eigenvalue weighted by molar-refractivity contribution is 0.0311. The van der Waals surface area contributed by atoms with E-state index in [1.165, 1.54) is 18.4 Å². The summed E-state index contributed by atoms with van der Waals surface area (Å²) in [6.45, 7) is 2.66. The normalized spacial score (nSPS) is 32.9. The molecule has 2 unspecified atom stereocenters. The van der Waals surface area contributed by atoms with Crippen molar-refractivity contribution in [2.75, 3.05) is 13.2 Å². The van der Waals surface area contributed by atoms with Crippen molar-refractivity contribution >= 4 is 0 Å². The lowest BCUT2D eigenvalue weighted by Crippen LogP contribution is -2.10. The van der Waals surface area contributed by atoms with Crippen molar-refractivity contribution in [1.29, 1.82) is 0 Å². The van der Waals surface area contributed by atoms with E-state index in [-0.39, 0.29) is 0 Å². The molecule has 0 amide bonds. The number of rotatable bonds is 3. The minimum Gasteiger partial charge on any atom is -0.381 e. The number of fused-ring (bicyclic) bond motifs is 1. The molecule has 1 aromatic carbocycles. The lowest BCUT2D eigenvalue weighted by atomic mass is 10.0. The van der Waals surface area contributed by atoms with Crippen LogP contribution in [0.25, 0.3) is 0 Å². The summed E-state index contributed by atoms with van der Waals surface area (Å²) in [4.78, 5) is 0. The third kappa shape index (κ3) is 2.13. The van der Waals surface area contributed by atoms with Crippen LogP contribution in [0.2, 0.25) is 0 Å². The second-order valence-electron chi connectivity index (χ2n) is 4.95. The van der Waals surface area contributed by atoms with Gasteiger partial charge >= 0.3 is 0 Å². The molecule has 2 heteroatoms. The predicted octanol–water partition coefficient (Wildman–Crippen LogP) is 2.63. The van der Waals surface area contributed by atoms with Crippen LogP contribution in [0.15, 0.2) is 30.3 Å². The third-order valence-electron chi connectivity index (χ3n) is 3.79. The molecule has 0 bridgehead atoms. The van der Waals surface area contributed by atoms with Gasteiger partial charge in [0.05, 0.1) is 12.7 Å². The highest BCUT2D eigenvalue weighted by atomic mass is 16.5. The third-order valence-corrected chi connectivity index (χ3v) is 3.79. The molecule has 2 atom stereocenters. The standard InChI is InChI=1S/C14H18O2/c1-2-4-11(5-3-1)8-16-14-6-12-9-15-10-13(12)7-14/h1-5,12-14H,6-10H2. The van der Waals surface area contributed by atoms with Crippen molar-refractivity contribution in [2.24, 2.45) is 11.8 Å². The first-order valence-electron chi connectivity index (χ1n) is 6.15. The fourth-order valence-corrected chi connectivity index (χ4v) is 2.86. The molecule has 1 saturated heterocycles. The molecule has 3 rings (SSSR count). The molecule has 2 nitrogen and oxygen atoms in total. The highest BCUT2D eigenvalue weighted by Gasteiger charge is 2.38. The summed E-state index contributed by atoms with van der Waals surface area (Å²) < 4.78 is 11.4. The summed E-state index contributed by atoms with van der Waals surface area (Å²) in [5.41, 5.74) is 1.27. The van der Waals surface area contributed by atoms with Gasteiger partial charge in [0.25, 0.3) is 0 Å². The second-order valence-corrected chi connectivity index (χ2v) is 4.95. The Morgan fingerprint density at radius 3 is 2.44 bits per heavy atom. The Balaban J connectivity index is 1.50. The van der Waals surface area contributed by atoms with Crippen LogP contribution >= 0.6 is 0 Å². The first-order chi connectivity index (χ1) is 7.92. The molecule has 0 aromatic heterocycles. The van der Waals surface area contributed by atoms with Crippen molar-refractivity contribution in [3.05, 3.63) is 35.9 Å². The van der Waals surface area contributed by atoms with E-state index < -0.39 is 0 Å². The van der Waals surface area contributed by atoms with E-state index >= 15 is 0 Å². The van der Waals surface area contributed by atoms with E-state index in [0.717, 1.165) is 31.7 Å². The van der Waals surface area contributed by atoms with Gasteiger partial charge in [-0.2, -0.15) is 0 Å². The van der Waals surface area contributed by atoms with Gasteiger partial charge in [-0.25, -0.2) is 0 Å². The van der Waals surface area contributed by atoms with Crippen molar-refractivity contribution < 1.29 is 9.47 Å². The molecule has 0 N–H and O–H groups in total. The molecule has 2 aliphatic rings. The van der Waals surface area contributed by atoms with E-state index in [4.69, 9.17) is 9.47 Å². The Kier molecular flexibility index (Phi) is 2.94. The van der Waals surface area contributed by atoms with Crippen LogP contribution in [0.4, 0.5) is 0 Å². The summed E-state index contributed by atoms with van der Waals surface area (Å²) in [6.07, 6.45) is 2.84. The Morgan fingerprint density at radius 2 is 1.75 bits per heavy atom. The molecule has 86 valence electrons. The van der Waals surface area contributed by atoms with Crippen molar-refractivity contribution in [3.8, 4) is 0 Å². The van der Waals surface area contributed by atoms with Gasteiger partial charge in [-0.3, -0.25) is 0 Å². The maximum Gasteiger partial charge on any atom is 0.0720 e. The fourth-order valence-electron chi connectivity index (χ4n) is 2.86. The van der Waals surface area contributed by atoms with Crippen LogP contribution in [0.1, 0.15) is 18.4 Å². The van der Waals surface area contributed by atoms with Gasteiger partial charge in [0.1, 0.15) is 0 Å². The molecule has 1 aliphatic carbocycles. The molecule has 1 heterocycles. The highest BCUT2D eigenvalue weighted by Crippen LogP contribution is 2.38. The molecule has 1 aromatic rings. The first-order valence-corrected chi connectivity index (χ1v) is 6.15. The molecular formula is C14H18O2. The van der Waals surface area contributed by atoms with Crippen LogP contribution in [-0.4, -0.2) is 19.3 Å². The van der Waals surface area contributed by atoms with Gasteiger partial charge in [-0.1, -0.05) is 30.3 Å². The molecule has 0 spiro atoms. The van der Waals surface area contributed by atoms with Gasteiger partial charge < -0.3 is 9.47 Å². The quantitative estimate of drug-likeness (QED) is 0.776. The summed E-state index contributed by atoms with van der Waals surface area (Å²) in [6, 6.07) is 10.4. The maximum atomic E-state index is 5.97. The van der Waals surface area contributed by atoms with Crippen LogP contribution in [0.3, 0.4) is 0 Å². The Labute approximate surface area is 96.6 Å². The van der Waals surface area contributed by atoms with Gasteiger partial charge in [0.2, 0.25) is 0 Å². The summed E-state index contributed by atoms with van der Waals surface area (Å²) in [5, 5.41) is 0. The van der Waals surface area contributed by atoms with E-state index in [2.05, 4.69) is 24.3 Å². The zero-order valence-corrected chi connectivity index (χ0v) is 9.47. The van der Waals surface area contributed by atoms with Crippen molar-refractivity contribution in [2.45, 2.75) is 25.6 Å². The molecular weight excluding hydrogens is 200 g/mol. The molecule has 1 aliphatic heterocycles. The number of hydrogen-bond donors (Lipinski definition) is 0. The van der Waals surface area contributed by atoms with Gasteiger partial charge in [-0.15, -0.1) is 0 Å². The smallest absolute Gasteiger partial charge is 0.0720 e. The van der Waals surface area contributed by atoms with E-state index in [1.807, 2.05) is 6.07 Å².